The first-order valence-electron chi connectivity index (χ1n) is 5.61. The average Bonchev–Trinajstić information content (AvgIpc) is 2.32. The van der Waals surface area contributed by atoms with Crippen molar-refractivity contribution >= 4 is 38.4 Å². The second-order valence-electron chi connectivity index (χ2n) is 4.22. The number of rotatable bonds is 2. The first-order valence-corrected chi connectivity index (χ1v) is 7.84. The summed E-state index contributed by atoms with van der Waals surface area (Å²) >= 11 is 3.01. The summed E-state index contributed by atoms with van der Waals surface area (Å²) in [5, 5.41) is 3.10. The van der Waals surface area contributed by atoms with Gasteiger partial charge in [-0.1, -0.05) is 6.07 Å². The lowest BCUT2D eigenvalue weighted by Crippen LogP contribution is -2.52. The standard InChI is InChI=1S/C11H14BrFN2O2S.ClH/c1-8-7-14-5-6-15(8)18(16,17)10-4-2-3-9(12)11(10)13;/h2-4,8,14H,5-7H2,1H3;1H. The number of sulfonamides is 1. The van der Waals surface area contributed by atoms with Crippen LogP contribution in [-0.2, 0) is 10.0 Å². The van der Waals surface area contributed by atoms with E-state index in [1.54, 1.807) is 6.92 Å². The quantitative estimate of drug-likeness (QED) is 0.862. The fourth-order valence-corrected chi connectivity index (χ4v) is 4.21. The third-order valence-corrected chi connectivity index (χ3v) is 5.59. The molecule has 0 aromatic heterocycles. The van der Waals surface area contributed by atoms with E-state index in [0.29, 0.717) is 19.6 Å². The van der Waals surface area contributed by atoms with Gasteiger partial charge in [0.05, 0.1) is 4.47 Å². The van der Waals surface area contributed by atoms with Crippen LogP contribution < -0.4 is 5.32 Å². The Balaban J connectivity index is 0.00000180. The molecule has 4 nitrogen and oxygen atoms in total. The summed E-state index contributed by atoms with van der Waals surface area (Å²) in [7, 11) is -3.78. The van der Waals surface area contributed by atoms with Crippen molar-refractivity contribution in [3.05, 3.63) is 28.5 Å². The van der Waals surface area contributed by atoms with E-state index in [0.717, 1.165) is 0 Å². The van der Waals surface area contributed by atoms with Gasteiger partial charge in [0.25, 0.3) is 0 Å². The number of nitrogens with zero attached hydrogens (tertiary/aromatic N) is 1. The van der Waals surface area contributed by atoms with E-state index >= 15 is 0 Å². The molecule has 1 aromatic rings. The number of hydrogen-bond acceptors (Lipinski definition) is 3. The van der Waals surface area contributed by atoms with E-state index < -0.39 is 15.8 Å². The fraction of sp³-hybridized carbons (Fsp3) is 0.455. The molecule has 0 radical (unpaired) electrons. The summed E-state index contributed by atoms with van der Waals surface area (Å²) in [5.41, 5.74) is 0. The Morgan fingerprint density at radius 1 is 1.47 bits per heavy atom. The number of piperazine rings is 1. The number of nitrogens with one attached hydrogen (secondary N) is 1. The minimum atomic E-state index is -3.78. The van der Waals surface area contributed by atoms with Crippen LogP contribution in [0.25, 0.3) is 0 Å². The molecule has 0 amide bonds. The first-order chi connectivity index (χ1) is 8.44. The molecule has 1 aliphatic heterocycles. The van der Waals surface area contributed by atoms with Gasteiger partial charge in [-0.25, -0.2) is 12.8 Å². The van der Waals surface area contributed by atoms with E-state index in [1.807, 2.05) is 0 Å². The summed E-state index contributed by atoms with van der Waals surface area (Å²) in [6, 6.07) is 4.12. The number of halogens is 3. The third kappa shape index (κ3) is 3.28. The molecule has 1 aliphatic rings. The Hall–Kier alpha value is -0.210. The van der Waals surface area contributed by atoms with Crippen LogP contribution in [0.15, 0.2) is 27.6 Å². The van der Waals surface area contributed by atoms with Crippen molar-refractivity contribution in [2.24, 2.45) is 0 Å². The van der Waals surface area contributed by atoms with Gasteiger partial charge in [-0.15, -0.1) is 12.4 Å². The van der Waals surface area contributed by atoms with Crippen molar-refractivity contribution < 1.29 is 12.8 Å². The second-order valence-corrected chi connectivity index (χ2v) is 6.93. The van der Waals surface area contributed by atoms with Gasteiger partial charge in [-0.2, -0.15) is 4.31 Å². The smallest absolute Gasteiger partial charge is 0.246 e. The van der Waals surface area contributed by atoms with Gasteiger partial charge in [0, 0.05) is 25.7 Å². The molecule has 0 aliphatic carbocycles. The van der Waals surface area contributed by atoms with Crippen molar-refractivity contribution in [2.75, 3.05) is 19.6 Å². The Bertz CT molecular complexity index is 556. The molecule has 1 fully saturated rings. The lowest BCUT2D eigenvalue weighted by molar-refractivity contribution is 0.283. The highest BCUT2D eigenvalue weighted by molar-refractivity contribution is 9.10. The van der Waals surface area contributed by atoms with E-state index in [4.69, 9.17) is 0 Å². The monoisotopic (exact) mass is 372 g/mol. The maximum atomic E-state index is 13.9. The van der Waals surface area contributed by atoms with E-state index in [-0.39, 0.29) is 27.8 Å². The lowest BCUT2D eigenvalue weighted by atomic mass is 10.3. The molecule has 1 heterocycles. The van der Waals surface area contributed by atoms with Crippen LogP contribution in [0.2, 0.25) is 0 Å². The fourth-order valence-electron chi connectivity index (χ4n) is 1.99. The van der Waals surface area contributed by atoms with E-state index in [1.165, 1.54) is 22.5 Å². The Morgan fingerprint density at radius 3 is 2.79 bits per heavy atom. The van der Waals surface area contributed by atoms with Crippen LogP contribution >= 0.6 is 28.3 Å². The summed E-state index contributed by atoms with van der Waals surface area (Å²) in [6.45, 7) is 3.32. The molecule has 0 spiro atoms. The zero-order valence-corrected chi connectivity index (χ0v) is 13.5. The molecule has 8 heteroatoms. The number of hydrogen-bond donors (Lipinski definition) is 1. The van der Waals surface area contributed by atoms with Crippen molar-refractivity contribution in [3.63, 3.8) is 0 Å². The van der Waals surface area contributed by atoms with Crippen molar-refractivity contribution in [1.29, 1.82) is 0 Å². The van der Waals surface area contributed by atoms with E-state index in [2.05, 4.69) is 21.2 Å². The molecule has 108 valence electrons. The van der Waals surface area contributed by atoms with Crippen LogP contribution in [0.5, 0.6) is 0 Å². The summed E-state index contributed by atoms with van der Waals surface area (Å²) in [6.07, 6.45) is 0. The maximum absolute atomic E-state index is 13.9. The summed E-state index contributed by atoms with van der Waals surface area (Å²) in [4.78, 5) is -0.273. The largest absolute Gasteiger partial charge is 0.314 e. The van der Waals surface area contributed by atoms with Crippen LogP contribution in [-0.4, -0.2) is 38.4 Å². The Labute approximate surface area is 127 Å². The molecular formula is C11H15BrClFN2O2S. The van der Waals surface area contributed by atoms with Gasteiger partial charge in [-0.3, -0.25) is 0 Å². The highest BCUT2D eigenvalue weighted by Crippen LogP contribution is 2.26. The lowest BCUT2D eigenvalue weighted by Gasteiger charge is -2.32. The average molecular weight is 374 g/mol. The van der Waals surface area contributed by atoms with Crippen molar-refractivity contribution in [1.82, 2.24) is 9.62 Å². The maximum Gasteiger partial charge on any atom is 0.246 e. The van der Waals surface area contributed by atoms with Gasteiger partial charge in [0.1, 0.15) is 4.90 Å². The topological polar surface area (TPSA) is 49.4 Å². The number of benzene rings is 1. The minimum Gasteiger partial charge on any atom is -0.314 e. The van der Waals surface area contributed by atoms with Crippen LogP contribution in [0.4, 0.5) is 4.39 Å². The molecule has 1 atom stereocenters. The highest BCUT2D eigenvalue weighted by atomic mass is 79.9. The molecule has 19 heavy (non-hydrogen) atoms. The molecular weight excluding hydrogens is 359 g/mol. The van der Waals surface area contributed by atoms with Crippen LogP contribution in [0.1, 0.15) is 6.92 Å². The van der Waals surface area contributed by atoms with Crippen molar-refractivity contribution in [3.8, 4) is 0 Å². The van der Waals surface area contributed by atoms with Crippen molar-refractivity contribution in [2.45, 2.75) is 17.9 Å². The van der Waals surface area contributed by atoms with Gasteiger partial charge >= 0.3 is 0 Å². The molecule has 1 unspecified atom stereocenters. The molecule has 1 saturated heterocycles. The molecule has 1 N–H and O–H groups in total. The minimum absolute atomic E-state index is 0. The Morgan fingerprint density at radius 2 is 2.16 bits per heavy atom. The van der Waals surface area contributed by atoms with Gasteiger partial charge < -0.3 is 5.32 Å². The van der Waals surface area contributed by atoms with Gasteiger partial charge in [0.15, 0.2) is 5.82 Å². The highest BCUT2D eigenvalue weighted by Gasteiger charge is 2.33. The van der Waals surface area contributed by atoms with Gasteiger partial charge in [0.2, 0.25) is 10.0 Å². The molecule has 1 aromatic carbocycles. The Kier molecular flexibility index (Phi) is 5.76. The SMILES string of the molecule is CC1CNCCN1S(=O)(=O)c1cccc(Br)c1F.Cl. The predicted octanol–water partition coefficient (Wildman–Crippen LogP) is 1.99. The predicted molar refractivity (Wildman–Crippen MR) is 77.6 cm³/mol. The first kappa shape index (κ1) is 16.8. The summed E-state index contributed by atoms with van der Waals surface area (Å²) in [5.74, 6) is -0.733. The normalized spacial score (nSPS) is 20.9. The van der Waals surface area contributed by atoms with Crippen LogP contribution in [0.3, 0.4) is 0 Å². The molecule has 2 rings (SSSR count). The second kappa shape index (κ2) is 6.49. The third-order valence-electron chi connectivity index (χ3n) is 2.94. The zero-order chi connectivity index (χ0) is 13.3. The summed E-state index contributed by atoms with van der Waals surface area (Å²) < 4.78 is 40.2. The molecule has 0 saturated carbocycles. The molecule has 0 bridgehead atoms. The van der Waals surface area contributed by atoms with Gasteiger partial charge in [-0.05, 0) is 35.0 Å². The zero-order valence-electron chi connectivity index (χ0n) is 10.3. The van der Waals surface area contributed by atoms with E-state index in [9.17, 15) is 12.8 Å². The van der Waals surface area contributed by atoms with Crippen LogP contribution in [0, 0.1) is 5.82 Å².